The molecule has 1 atom stereocenters. The van der Waals surface area contributed by atoms with Gasteiger partial charge >= 0.3 is 0 Å². The van der Waals surface area contributed by atoms with E-state index in [9.17, 15) is 8.42 Å². The van der Waals surface area contributed by atoms with E-state index in [0.717, 1.165) is 11.3 Å². The first kappa shape index (κ1) is 16.9. The number of nitrogens with zero attached hydrogens (tertiary/aromatic N) is 3. The molecule has 1 N–H and O–H groups in total. The molecule has 1 unspecified atom stereocenters. The zero-order valence-corrected chi connectivity index (χ0v) is 14.3. The molecule has 0 amide bonds. The summed E-state index contributed by atoms with van der Waals surface area (Å²) in [6, 6.07) is 15.0. The fourth-order valence-corrected chi connectivity index (χ4v) is 3.66. The Morgan fingerprint density at radius 3 is 2.36 bits per heavy atom. The highest BCUT2D eigenvalue weighted by molar-refractivity contribution is 7.89. The summed E-state index contributed by atoms with van der Waals surface area (Å²) in [6.07, 6.45) is 5.24. The van der Waals surface area contributed by atoms with Gasteiger partial charge in [0, 0.05) is 24.1 Å². The summed E-state index contributed by atoms with van der Waals surface area (Å²) in [6.45, 7) is 1.79. The molecule has 7 heteroatoms. The number of nitrogens with one attached hydrogen (secondary N) is 1. The Bertz CT molecular complexity index is 987. The topological polar surface area (TPSA) is 87.8 Å². The Morgan fingerprint density at radius 2 is 1.80 bits per heavy atom. The van der Waals surface area contributed by atoms with Gasteiger partial charge in [0.15, 0.2) is 0 Å². The zero-order valence-electron chi connectivity index (χ0n) is 13.5. The third-order valence-corrected chi connectivity index (χ3v) is 5.38. The minimum absolute atomic E-state index is 0.133. The number of hydrogen-bond donors (Lipinski definition) is 1. The van der Waals surface area contributed by atoms with Crippen molar-refractivity contribution in [3.8, 4) is 11.8 Å². The lowest BCUT2D eigenvalue weighted by Gasteiger charge is -2.15. The molecule has 0 spiro atoms. The molecule has 0 bridgehead atoms. The summed E-state index contributed by atoms with van der Waals surface area (Å²) >= 11 is 0. The Balaban J connectivity index is 1.76. The van der Waals surface area contributed by atoms with Crippen LogP contribution in [0.5, 0.6) is 0 Å². The van der Waals surface area contributed by atoms with Crippen molar-refractivity contribution in [3.05, 3.63) is 78.4 Å². The van der Waals surface area contributed by atoms with Crippen molar-refractivity contribution in [2.75, 3.05) is 0 Å². The molecule has 3 rings (SSSR count). The van der Waals surface area contributed by atoms with Crippen molar-refractivity contribution in [1.82, 2.24) is 14.3 Å². The summed E-state index contributed by atoms with van der Waals surface area (Å²) in [5.74, 6) is 0. The van der Waals surface area contributed by atoms with Gasteiger partial charge in [0.2, 0.25) is 10.0 Å². The van der Waals surface area contributed by atoms with Gasteiger partial charge in [-0.15, -0.1) is 0 Å². The van der Waals surface area contributed by atoms with E-state index in [1.165, 1.54) is 24.3 Å². The Hall–Kier alpha value is -2.95. The monoisotopic (exact) mass is 352 g/mol. The maximum atomic E-state index is 12.5. The maximum absolute atomic E-state index is 12.5. The van der Waals surface area contributed by atoms with Crippen LogP contribution in [-0.2, 0) is 10.0 Å². The first-order valence-electron chi connectivity index (χ1n) is 7.60. The van der Waals surface area contributed by atoms with Crippen molar-refractivity contribution in [3.63, 3.8) is 0 Å². The highest BCUT2D eigenvalue weighted by Gasteiger charge is 2.18. The SMILES string of the molecule is CC(NS(=O)(=O)c1ccc(C#N)cc1)c1ccc(-n2ccnc2)cc1. The van der Waals surface area contributed by atoms with Crippen molar-refractivity contribution < 1.29 is 8.42 Å². The van der Waals surface area contributed by atoms with E-state index in [4.69, 9.17) is 5.26 Å². The first-order chi connectivity index (χ1) is 12.0. The summed E-state index contributed by atoms with van der Waals surface area (Å²) in [4.78, 5) is 4.13. The van der Waals surface area contributed by atoms with Crippen molar-refractivity contribution in [2.45, 2.75) is 17.9 Å². The maximum Gasteiger partial charge on any atom is 0.241 e. The molecule has 3 aromatic rings. The number of sulfonamides is 1. The van der Waals surface area contributed by atoms with Gasteiger partial charge in [-0.1, -0.05) is 12.1 Å². The van der Waals surface area contributed by atoms with Gasteiger partial charge in [0.25, 0.3) is 0 Å². The highest BCUT2D eigenvalue weighted by atomic mass is 32.2. The predicted molar refractivity (Wildman–Crippen MR) is 93.5 cm³/mol. The van der Waals surface area contributed by atoms with Gasteiger partial charge in [0.1, 0.15) is 0 Å². The molecule has 2 aromatic carbocycles. The average Bonchev–Trinajstić information content (AvgIpc) is 3.16. The zero-order chi connectivity index (χ0) is 17.9. The van der Waals surface area contributed by atoms with Crippen LogP contribution in [0.4, 0.5) is 0 Å². The van der Waals surface area contributed by atoms with Gasteiger partial charge in [-0.3, -0.25) is 0 Å². The molecule has 126 valence electrons. The minimum Gasteiger partial charge on any atom is -0.306 e. The van der Waals surface area contributed by atoms with Crippen LogP contribution in [0.3, 0.4) is 0 Å². The molecule has 0 radical (unpaired) electrons. The van der Waals surface area contributed by atoms with Gasteiger partial charge in [-0.05, 0) is 48.9 Å². The third-order valence-electron chi connectivity index (χ3n) is 3.82. The number of aromatic nitrogens is 2. The smallest absolute Gasteiger partial charge is 0.241 e. The molecule has 1 aromatic heterocycles. The van der Waals surface area contributed by atoms with Crippen LogP contribution >= 0.6 is 0 Å². The van der Waals surface area contributed by atoms with E-state index in [-0.39, 0.29) is 4.90 Å². The van der Waals surface area contributed by atoms with Crippen molar-refractivity contribution >= 4 is 10.0 Å². The van der Waals surface area contributed by atoms with Gasteiger partial charge in [-0.25, -0.2) is 18.1 Å². The minimum atomic E-state index is -3.66. The molecule has 0 saturated heterocycles. The Kier molecular flexibility index (Phi) is 4.65. The van der Waals surface area contributed by atoms with Crippen LogP contribution < -0.4 is 4.72 Å². The fourth-order valence-electron chi connectivity index (χ4n) is 2.42. The predicted octanol–water partition coefficient (Wildman–Crippen LogP) is 2.78. The second-order valence-electron chi connectivity index (χ2n) is 5.54. The molecule has 0 aliphatic rings. The first-order valence-corrected chi connectivity index (χ1v) is 9.09. The summed E-state index contributed by atoms with van der Waals surface area (Å²) in [7, 11) is -3.66. The quantitative estimate of drug-likeness (QED) is 0.765. The lowest BCUT2D eigenvalue weighted by molar-refractivity contribution is 0.567. The van der Waals surface area contributed by atoms with E-state index in [1.54, 1.807) is 19.4 Å². The van der Waals surface area contributed by atoms with Crippen LogP contribution in [0.2, 0.25) is 0 Å². The summed E-state index contributed by atoms with van der Waals surface area (Å²) in [5.41, 5.74) is 2.21. The molecule has 25 heavy (non-hydrogen) atoms. The average molecular weight is 352 g/mol. The number of benzene rings is 2. The van der Waals surface area contributed by atoms with E-state index >= 15 is 0 Å². The van der Waals surface area contributed by atoms with Crippen molar-refractivity contribution in [2.24, 2.45) is 0 Å². The summed E-state index contributed by atoms with van der Waals surface area (Å²) < 4.78 is 29.4. The van der Waals surface area contributed by atoms with Crippen LogP contribution in [-0.4, -0.2) is 18.0 Å². The lowest BCUT2D eigenvalue weighted by atomic mass is 10.1. The second-order valence-corrected chi connectivity index (χ2v) is 7.25. The number of hydrogen-bond acceptors (Lipinski definition) is 4. The normalized spacial score (nSPS) is 12.5. The molecule has 1 heterocycles. The molecule has 0 aliphatic carbocycles. The van der Waals surface area contributed by atoms with Gasteiger partial charge in [-0.2, -0.15) is 5.26 Å². The fraction of sp³-hybridized carbons (Fsp3) is 0.111. The third kappa shape index (κ3) is 3.76. The molecule has 0 aliphatic heterocycles. The number of rotatable bonds is 5. The van der Waals surface area contributed by atoms with E-state index in [2.05, 4.69) is 9.71 Å². The molecular formula is C18H16N4O2S. The molecule has 6 nitrogen and oxygen atoms in total. The van der Waals surface area contributed by atoms with E-state index in [1.807, 2.05) is 41.1 Å². The van der Waals surface area contributed by atoms with Crippen molar-refractivity contribution in [1.29, 1.82) is 5.26 Å². The van der Waals surface area contributed by atoms with Crippen LogP contribution in [0, 0.1) is 11.3 Å². The number of nitriles is 1. The molecular weight excluding hydrogens is 336 g/mol. The largest absolute Gasteiger partial charge is 0.306 e. The molecule has 0 fully saturated rings. The van der Waals surface area contributed by atoms with Gasteiger partial charge in [0.05, 0.1) is 22.9 Å². The molecule has 0 saturated carbocycles. The Morgan fingerprint density at radius 1 is 1.12 bits per heavy atom. The van der Waals surface area contributed by atoms with Gasteiger partial charge < -0.3 is 4.57 Å². The van der Waals surface area contributed by atoms with Crippen LogP contribution in [0.15, 0.2) is 72.1 Å². The highest BCUT2D eigenvalue weighted by Crippen LogP contribution is 2.19. The van der Waals surface area contributed by atoms with Crippen LogP contribution in [0.1, 0.15) is 24.1 Å². The summed E-state index contributed by atoms with van der Waals surface area (Å²) in [5, 5.41) is 8.80. The van der Waals surface area contributed by atoms with E-state index in [0.29, 0.717) is 5.56 Å². The van der Waals surface area contributed by atoms with Crippen LogP contribution in [0.25, 0.3) is 5.69 Å². The second kappa shape index (κ2) is 6.89. The standard InChI is InChI=1S/C18H16N4O2S/c1-14(16-4-6-17(7-5-16)22-11-10-20-13-22)21-25(23,24)18-8-2-15(12-19)3-9-18/h2-11,13-14,21H,1H3. The lowest BCUT2D eigenvalue weighted by Crippen LogP contribution is -2.26. The van der Waals surface area contributed by atoms with E-state index < -0.39 is 16.1 Å². The Labute approximate surface area is 146 Å². The number of imidazole rings is 1.